The highest BCUT2D eigenvalue weighted by Gasteiger charge is 2.11. The van der Waals surface area contributed by atoms with Gasteiger partial charge in [-0.05, 0) is 36.1 Å². The Hall–Kier alpha value is -1.85. The average Bonchev–Trinajstić information content (AvgIpc) is 2.81. The maximum absolute atomic E-state index is 12.0. The van der Waals surface area contributed by atoms with Crippen molar-refractivity contribution in [3.05, 3.63) is 46.2 Å². The number of nitrogen functional groups attached to an aromatic ring is 1. The highest BCUT2D eigenvalue weighted by Crippen LogP contribution is 2.19. The van der Waals surface area contributed by atoms with Crippen molar-refractivity contribution >= 4 is 28.6 Å². The van der Waals surface area contributed by atoms with Crippen LogP contribution in [0.5, 0.6) is 0 Å². The van der Waals surface area contributed by atoms with E-state index in [1.165, 1.54) is 11.3 Å². The van der Waals surface area contributed by atoms with Crippen LogP contribution in [0.15, 0.2) is 35.0 Å². The predicted molar refractivity (Wildman–Crippen MR) is 71.3 cm³/mol. The van der Waals surface area contributed by atoms with Gasteiger partial charge in [-0.25, -0.2) is 0 Å². The largest absolute Gasteiger partial charge is 0.323 e. The summed E-state index contributed by atoms with van der Waals surface area (Å²) in [6.07, 6.45) is 0. The first kappa shape index (κ1) is 11.6. The van der Waals surface area contributed by atoms with Gasteiger partial charge >= 0.3 is 0 Å². The molecule has 1 aromatic heterocycles. The van der Waals surface area contributed by atoms with Crippen molar-refractivity contribution < 1.29 is 4.79 Å². The number of carbonyl (C=O) groups excluding carboxylic acids is 1. The molecule has 1 amide bonds. The number of nitrogens with two attached hydrogens (primary N) is 1. The Balaban J connectivity index is 2.24. The van der Waals surface area contributed by atoms with Crippen LogP contribution in [-0.2, 0) is 0 Å². The molecule has 0 spiro atoms. The van der Waals surface area contributed by atoms with E-state index in [9.17, 15) is 4.79 Å². The summed E-state index contributed by atoms with van der Waals surface area (Å²) in [7, 11) is 0. The lowest BCUT2D eigenvalue weighted by Gasteiger charge is -2.09. The van der Waals surface area contributed by atoms with Gasteiger partial charge in [-0.2, -0.15) is 11.3 Å². The third-order valence-electron chi connectivity index (χ3n) is 2.35. The zero-order valence-electron chi connectivity index (χ0n) is 9.36. The van der Waals surface area contributed by atoms with Crippen LogP contribution < -0.4 is 16.6 Å². The molecule has 0 aliphatic heterocycles. The third kappa shape index (κ3) is 2.64. The number of hydrogen-bond donors (Lipinski definition) is 3. The molecule has 0 bridgehead atoms. The fourth-order valence-electron chi connectivity index (χ4n) is 1.51. The van der Waals surface area contributed by atoms with Gasteiger partial charge in [0.1, 0.15) is 0 Å². The molecule has 0 radical (unpaired) electrons. The van der Waals surface area contributed by atoms with Gasteiger partial charge in [-0.15, -0.1) is 0 Å². The number of hydrogen-bond acceptors (Lipinski definition) is 4. The summed E-state index contributed by atoms with van der Waals surface area (Å²) in [6.45, 7) is 1.95. The molecule has 0 aliphatic carbocycles. The molecule has 0 unspecified atom stereocenters. The van der Waals surface area contributed by atoms with Crippen LogP contribution in [0.1, 0.15) is 15.9 Å². The van der Waals surface area contributed by atoms with Crippen molar-refractivity contribution in [2.24, 2.45) is 5.84 Å². The SMILES string of the molecule is Cc1ccc(C(=O)Nc2ccsc2)c(NN)c1. The Morgan fingerprint density at radius 2 is 2.18 bits per heavy atom. The summed E-state index contributed by atoms with van der Waals surface area (Å²) in [6, 6.07) is 7.32. The first-order chi connectivity index (χ1) is 8.20. The molecular formula is C12H13N3OS. The highest BCUT2D eigenvalue weighted by molar-refractivity contribution is 7.08. The van der Waals surface area contributed by atoms with Gasteiger partial charge in [0.2, 0.25) is 0 Å². The van der Waals surface area contributed by atoms with Crippen LogP contribution in [0.25, 0.3) is 0 Å². The molecule has 2 aromatic rings. The molecule has 0 saturated heterocycles. The number of aryl methyl sites for hydroxylation is 1. The Kier molecular flexibility index (Phi) is 3.41. The van der Waals surface area contributed by atoms with Crippen molar-refractivity contribution in [2.45, 2.75) is 6.92 Å². The zero-order valence-corrected chi connectivity index (χ0v) is 10.2. The number of thiophene rings is 1. The van der Waals surface area contributed by atoms with Crippen LogP contribution in [0, 0.1) is 6.92 Å². The maximum atomic E-state index is 12.0. The van der Waals surface area contributed by atoms with E-state index in [-0.39, 0.29) is 5.91 Å². The smallest absolute Gasteiger partial charge is 0.257 e. The van der Waals surface area contributed by atoms with Crippen LogP contribution in [0.3, 0.4) is 0 Å². The van der Waals surface area contributed by atoms with Crippen molar-refractivity contribution in [1.29, 1.82) is 0 Å². The van der Waals surface area contributed by atoms with Gasteiger partial charge in [0.15, 0.2) is 0 Å². The Bertz CT molecular complexity index is 523. The fraction of sp³-hybridized carbons (Fsp3) is 0.0833. The van der Waals surface area contributed by atoms with E-state index in [1.807, 2.05) is 35.9 Å². The maximum Gasteiger partial charge on any atom is 0.257 e. The van der Waals surface area contributed by atoms with E-state index in [2.05, 4.69) is 10.7 Å². The Morgan fingerprint density at radius 1 is 1.35 bits per heavy atom. The molecule has 4 nitrogen and oxygen atoms in total. The van der Waals surface area contributed by atoms with Crippen molar-refractivity contribution in [3.63, 3.8) is 0 Å². The molecule has 1 heterocycles. The number of rotatable bonds is 3. The summed E-state index contributed by atoms with van der Waals surface area (Å²) in [5.74, 6) is 5.23. The minimum atomic E-state index is -0.170. The van der Waals surface area contributed by atoms with E-state index in [0.29, 0.717) is 11.3 Å². The van der Waals surface area contributed by atoms with Gasteiger partial charge in [-0.1, -0.05) is 6.07 Å². The molecule has 0 saturated carbocycles. The second-order valence-electron chi connectivity index (χ2n) is 3.66. The first-order valence-electron chi connectivity index (χ1n) is 5.11. The van der Waals surface area contributed by atoms with Gasteiger partial charge < -0.3 is 10.7 Å². The van der Waals surface area contributed by atoms with Crippen LogP contribution in [0.2, 0.25) is 0 Å². The minimum absolute atomic E-state index is 0.170. The Morgan fingerprint density at radius 3 is 2.82 bits per heavy atom. The van der Waals surface area contributed by atoms with E-state index in [4.69, 9.17) is 5.84 Å². The normalized spacial score (nSPS) is 10.0. The lowest BCUT2D eigenvalue weighted by Crippen LogP contribution is -2.17. The van der Waals surface area contributed by atoms with Gasteiger partial charge in [-0.3, -0.25) is 10.6 Å². The monoisotopic (exact) mass is 247 g/mol. The summed E-state index contributed by atoms with van der Waals surface area (Å²) >= 11 is 1.53. The number of anilines is 2. The van der Waals surface area contributed by atoms with E-state index in [0.717, 1.165) is 11.3 Å². The quantitative estimate of drug-likeness (QED) is 0.577. The number of carbonyl (C=O) groups is 1. The second kappa shape index (κ2) is 4.99. The molecule has 17 heavy (non-hydrogen) atoms. The van der Waals surface area contributed by atoms with E-state index < -0.39 is 0 Å². The number of amides is 1. The van der Waals surface area contributed by atoms with E-state index in [1.54, 1.807) is 6.07 Å². The second-order valence-corrected chi connectivity index (χ2v) is 4.44. The molecular weight excluding hydrogens is 234 g/mol. The summed E-state index contributed by atoms with van der Waals surface area (Å²) in [5.41, 5.74) is 5.53. The van der Waals surface area contributed by atoms with Gasteiger partial charge in [0.05, 0.1) is 16.9 Å². The first-order valence-corrected chi connectivity index (χ1v) is 6.06. The third-order valence-corrected chi connectivity index (χ3v) is 3.04. The molecule has 4 N–H and O–H groups in total. The molecule has 1 aromatic carbocycles. The predicted octanol–water partition coefficient (Wildman–Crippen LogP) is 2.59. The standard InChI is InChI=1S/C12H13N3OS/c1-8-2-3-10(11(6-8)15-13)12(16)14-9-4-5-17-7-9/h2-7,15H,13H2,1H3,(H,14,16). The molecule has 88 valence electrons. The Labute approximate surface area is 103 Å². The molecule has 5 heteroatoms. The van der Waals surface area contributed by atoms with Gasteiger partial charge in [0, 0.05) is 5.38 Å². The lowest BCUT2D eigenvalue weighted by atomic mass is 10.1. The van der Waals surface area contributed by atoms with Crippen molar-refractivity contribution in [3.8, 4) is 0 Å². The fourth-order valence-corrected chi connectivity index (χ4v) is 2.10. The lowest BCUT2D eigenvalue weighted by molar-refractivity contribution is 0.102. The summed E-state index contributed by atoms with van der Waals surface area (Å²) in [4.78, 5) is 12.0. The zero-order chi connectivity index (χ0) is 12.3. The minimum Gasteiger partial charge on any atom is -0.323 e. The van der Waals surface area contributed by atoms with Gasteiger partial charge in [0.25, 0.3) is 5.91 Å². The van der Waals surface area contributed by atoms with Crippen LogP contribution in [-0.4, -0.2) is 5.91 Å². The van der Waals surface area contributed by atoms with Crippen LogP contribution >= 0.6 is 11.3 Å². The van der Waals surface area contributed by atoms with Crippen molar-refractivity contribution in [1.82, 2.24) is 0 Å². The number of hydrazine groups is 1. The van der Waals surface area contributed by atoms with Crippen molar-refractivity contribution in [2.75, 3.05) is 10.7 Å². The van der Waals surface area contributed by atoms with Crippen LogP contribution in [0.4, 0.5) is 11.4 Å². The van der Waals surface area contributed by atoms with E-state index >= 15 is 0 Å². The number of nitrogens with one attached hydrogen (secondary N) is 2. The molecule has 2 rings (SSSR count). The average molecular weight is 247 g/mol. The summed E-state index contributed by atoms with van der Waals surface area (Å²) in [5, 5.41) is 6.59. The highest BCUT2D eigenvalue weighted by atomic mass is 32.1. The molecule has 0 fully saturated rings. The topological polar surface area (TPSA) is 67.2 Å². The molecule has 0 atom stereocenters. The number of benzene rings is 1. The molecule has 0 aliphatic rings. The summed E-state index contributed by atoms with van der Waals surface area (Å²) < 4.78 is 0.